The lowest BCUT2D eigenvalue weighted by atomic mass is 10.3. The Morgan fingerprint density at radius 2 is 1.78 bits per heavy atom. The normalized spacial score (nSPS) is 14.7. The minimum absolute atomic E-state index is 0.000280. The Morgan fingerprint density at radius 1 is 1.05 bits per heavy atom. The van der Waals surface area contributed by atoms with Crippen molar-refractivity contribution in [1.29, 1.82) is 0 Å². The van der Waals surface area contributed by atoms with Crippen LogP contribution in [0, 0.1) is 13.8 Å². The molecule has 37 heavy (non-hydrogen) atoms. The van der Waals surface area contributed by atoms with Gasteiger partial charge in [-0.25, -0.2) is 28.4 Å². The molecule has 0 bridgehead atoms. The fourth-order valence-electron chi connectivity index (χ4n) is 4.20. The quantitative estimate of drug-likeness (QED) is 0.384. The van der Waals surface area contributed by atoms with Gasteiger partial charge in [-0.05, 0) is 32.0 Å². The Labute approximate surface area is 216 Å². The molecule has 0 aliphatic carbocycles. The van der Waals surface area contributed by atoms with Crippen molar-refractivity contribution in [2.45, 2.75) is 25.3 Å². The molecule has 1 aliphatic heterocycles. The smallest absolute Gasteiger partial charge is 0.263 e. The van der Waals surface area contributed by atoms with Crippen molar-refractivity contribution in [3.63, 3.8) is 0 Å². The Balaban J connectivity index is 1.41. The van der Waals surface area contributed by atoms with Crippen LogP contribution in [0.5, 0.6) is 0 Å². The summed E-state index contributed by atoms with van der Waals surface area (Å²) in [6.45, 7) is 4.40. The zero-order valence-corrected chi connectivity index (χ0v) is 21.8. The summed E-state index contributed by atoms with van der Waals surface area (Å²) in [5.41, 5.74) is 0.148. The molecule has 192 valence electrons. The van der Waals surface area contributed by atoms with Gasteiger partial charge in [-0.2, -0.15) is 4.31 Å². The SMILES string of the molecule is Cc1cccc(NC(=O)Cn2cnc3sc(C)c(S(=O)(=O)N4CCN(c5ncccn5)CC4)c3c2=O)n1. The first kappa shape index (κ1) is 24.9. The first-order chi connectivity index (χ1) is 17.7. The van der Waals surface area contributed by atoms with Gasteiger partial charge in [0.05, 0.1) is 11.7 Å². The molecular weight excluding hydrogens is 516 g/mol. The molecular formula is C23H24N8O4S2. The van der Waals surface area contributed by atoms with E-state index in [4.69, 9.17) is 0 Å². The molecule has 5 heterocycles. The van der Waals surface area contributed by atoms with Crippen LogP contribution in [0.2, 0.25) is 0 Å². The number of anilines is 2. The fourth-order valence-corrected chi connectivity index (χ4v) is 7.29. The van der Waals surface area contributed by atoms with Crippen molar-refractivity contribution in [3.05, 3.63) is 63.9 Å². The van der Waals surface area contributed by atoms with E-state index in [1.807, 2.05) is 4.90 Å². The van der Waals surface area contributed by atoms with Crippen LogP contribution in [-0.4, -0.2) is 69.3 Å². The average Bonchev–Trinajstić information content (AvgIpc) is 3.24. The van der Waals surface area contributed by atoms with E-state index in [-0.39, 0.29) is 29.9 Å². The van der Waals surface area contributed by atoms with Crippen LogP contribution in [0.1, 0.15) is 10.6 Å². The van der Waals surface area contributed by atoms with Gasteiger partial charge in [0.15, 0.2) is 0 Å². The highest BCUT2D eigenvalue weighted by Gasteiger charge is 2.34. The summed E-state index contributed by atoms with van der Waals surface area (Å²) in [6.07, 6.45) is 4.54. The van der Waals surface area contributed by atoms with Crippen LogP contribution in [0.3, 0.4) is 0 Å². The topological polar surface area (TPSA) is 143 Å². The standard InChI is InChI=1S/C23H24N8O4S2/c1-15-5-3-6-17(27-15)28-18(32)13-30-14-26-21-19(22(30)33)20(16(2)36-21)37(34,35)31-11-9-29(10-12-31)23-24-7-4-8-25-23/h3-8,14H,9-13H2,1-2H3,(H,27,28,32). The predicted octanol–water partition coefficient (Wildman–Crippen LogP) is 1.41. The van der Waals surface area contributed by atoms with Crippen LogP contribution in [0.4, 0.5) is 11.8 Å². The number of amides is 1. The van der Waals surface area contributed by atoms with Gasteiger partial charge in [-0.15, -0.1) is 11.3 Å². The van der Waals surface area contributed by atoms with Crippen molar-refractivity contribution in [1.82, 2.24) is 28.8 Å². The number of nitrogens with one attached hydrogen (secondary N) is 1. The maximum absolute atomic E-state index is 13.7. The molecule has 0 radical (unpaired) electrons. The Kier molecular flexibility index (Phi) is 6.70. The minimum atomic E-state index is -3.99. The number of carbonyl (C=O) groups is 1. The van der Waals surface area contributed by atoms with E-state index < -0.39 is 21.5 Å². The van der Waals surface area contributed by atoms with Crippen molar-refractivity contribution in [2.75, 3.05) is 36.4 Å². The molecule has 1 amide bonds. The van der Waals surface area contributed by atoms with E-state index in [1.54, 1.807) is 50.5 Å². The van der Waals surface area contributed by atoms with Gasteiger partial charge in [0.2, 0.25) is 21.9 Å². The average molecular weight is 541 g/mol. The first-order valence-electron chi connectivity index (χ1n) is 11.5. The van der Waals surface area contributed by atoms with Gasteiger partial charge in [0.1, 0.15) is 22.1 Å². The number of nitrogens with zero attached hydrogens (tertiary/aromatic N) is 7. The number of sulfonamides is 1. The minimum Gasteiger partial charge on any atom is -0.338 e. The summed E-state index contributed by atoms with van der Waals surface area (Å²) < 4.78 is 29.9. The van der Waals surface area contributed by atoms with Crippen molar-refractivity contribution < 1.29 is 13.2 Å². The summed E-state index contributed by atoms with van der Waals surface area (Å²) in [5.74, 6) is 0.432. The van der Waals surface area contributed by atoms with E-state index in [1.165, 1.54) is 10.6 Å². The van der Waals surface area contributed by atoms with E-state index in [0.717, 1.165) is 21.6 Å². The lowest BCUT2D eigenvalue weighted by Gasteiger charge is -2.33. The molecule has 4 aromatic heterocycles. The zero-order chi connectivity index (χ0) is 26.2. The predicted molar refractivity (Wildman–Crippen MR) is 139 cm³/mol. The Hall–Kier alpha value is -3.75. The van der Waals surface area contributed by atoms with Gasteiger partial charge in [-0.3, -0.25) is 14.2 Å². The highest BCUT2D eigenvalue weighted by molar-refractivity contribution is 7.89. The molecule has 0 saturated carbocycles. The second kappa shape index (κ2) is 9.95. The molecule has 14 heteroatoms. The van der Waals surface area contributed by atoms with Gasteiger partial charge in [0, 0.05) is 49.1 Å². The van der Waals surface area contributed by atoms with Gasteiger partial charge < -0.3 is 10.2 Å². The summed E-state index contributed by atoms with van der Waals surface area (Å²) in [5, 5.41) is 2.65. The van der Waals surface area contributed by atoms with Gasteiger partial charge >= 0.3 is 0 Å². The van der Waals surface area contributed by atoms with Crippen LogP contribution in [-0.2, 0) is 21.4 Å². The number of fused-ring (bicyclic) bond motifs is 1. The van der Waals surface area contributed by atoms with E-state index in [9.17, 15) is 18.0 Å². The molecule has 12 nitrogen and oxygen atoms in total. The summed E-state index contributed by atoms with van der Waals surface area (Å²) in [4.78, 5) is 45.6. The summed E-state index contributed by atoms with van der Waals surface area (Å²) in [7, 11) is -3.99. The fraction of sp³-hybridized carbons (Fsp3) is 0.304. The second-order valence-corrected chi connectivity index (χ2v) is 11.6. The van der Waals surface area contributed by atoms with Gasteiger partial charge in [0.25, 0.3) is 5.56 Å². The van der Waals surface area contributed by atoms with Crippen LogP contribution in [0.15, 0.2) is 52.7 Å². The molecule has 1 aliphatic rings. The van der Waals surface area contributed by atoms with Crippen molar-refractivity contribution in [2.24, 2.45) is 0 Å². The molecule has 4 aromatic rings. The molecule has 0 unspecified atom stereocenters. The summed E-state index contributed by atoms with van der Waals surface area (Å²) >= 11 is 1.14. The number of aryl methyl sites for hydroxylation is 2. The molecule has 0 aromatic carbocycles. The molecule has 0 atom stereocenters. The monoisotopic (exact) mass is 540 g/mol. The highest BCUT2D eigenvalue weighted by Crippen LogP contribution is 2.33. The number of thiophene rings is 1. The second-order valence-electron chi connectivity index (χ2n) is 8.50. The zero-order valence-electron chi connectivity index (χ0n) is 20.2. The number of hydrogen-bond donors (Lipinski definition) is 1. The molecule has 1 saturated heterocycles. The van der Waals surface area contributed by atoms with Crippen LogP contribution >= 0.6 is 11.3 Å². The molecule has 1 N–H and O–H groups in total. The third kappa shape index (κ3) is 4.95. The third-order valence-corrected chi connectivity index (χ3v) is 9.15. The van der Waals surface area contributed by atoms with Crippen LogP contribution < -0.4 is 15.8 Å². The maximum atomic E-state index is 13.7. The lowest BCUT2D eigenvalue weighted by molar-refractivity contribution is -0.116. The first-order valence-corrected chi connectivity index (χ1v) is 13.7. The molecule has 0 spiro atoms. The maximum Gasteiger partial charge on any atom is 0.263 e. The third-order valence-electron chi connectivity index (χ3n) is 5.94. The number of hydrogen-bond acceptors (Lipinski definition) is 10. The largest absolute Gasteiger partial charge is 0.338 e. The number of aromatic nitrogens is 5. The summed E-state index contributed by atoms with van der Waals surface area (Å²) in [6, 6.07) is 6.92. The van der Waals surface area contributed by atoms with Crippen molar-refractivity contribution in [3.8, 4) is 0 Å². The van der Waals surface area contributed by atoms with E-state index in [0.29, 0.717) is 34.6 Å². The number of pyridine rings is 1. The van der Waals surface area contributed by atoms with Gasteiger partial charge in [-0.1, -0.05) is 6.07 Å². The Morgan fingerprint density at radius 3 is 2.49 bits per heavy atom. The van der Waals surface area contributed by atoms with E-state index >= 15 is 0 Å². The number of piperazine rings is 1. The number of rotatable bonds is 6. The van der Waals surface area contributed by atoms with Crippen LogP contribution in [0.25, 0.3) is 10.2 Å². The number of carbonyl (C=O) groups excluding carboxylic acids is 1. The van der Waals surface area contributed by atoms with E-state index in [2.05, 4.69) is 25.3 Å². The highest BCUT2D eigenvalue weighted by atomic mass is 32.2. The molecule has 5 rings (SSSR count). The Bertz CT molecular complexity index is 1630. The molecule has 1 fully saturated rings. The lowest BCUT2D eigenvalue weighted by Crippen LogP contribution is -2.49. The van der Waals surface area contributed by atoms with Crippen molar-refractivity contribution >= 4 is 49.3 Å².